The molecule has 7 aromatic carbocycles. The first kappa shape index (κ1) is 33.6. The largest absolute Gasteiger partial charge is 0.309 e. The summed E-state index contributed by atoms with van der Waals surface area (Å²) in [5.74, 6) is 1.98. The average Bonchev–Trinajstić information content (AvgIpc) is 3.80. The second kappa shape index (κ2) is 13.5. The van der Waals surface area contributed by atoms with E-state index in [1.54, 1.807) is 0 Å². The number of benzene rings is 7. The van der Waals surface area contributed by atoms with Crippen molar-refractivity contribution < 1.29 is 0 Å². The van der Waals surface area contributed by atoms with Crippen LogP contribution in [0.2, 0.25) is 0 Å². The highest BCUT2D eigenvalue weighted by Gasteiger charge is 2.18. The lowest BCUT2D eigenvalue weighted by molar-refractivity contribution is 1.07. The van der Waals surface area contributed by atoms with E-state index in [9.17, 15) is 0 Å². The molecule has 6 nitrogen and oxygen atoms in total. The Balaban J connectivity index is 0.982. The van der Waals surface area contributed by atoms with Gasteiger partial charge in [-0.15, -0.1) is 0 Å². The van der Waals surface area contributed by atoms with Crippen LogP contribution in [0, 0.1) is 13.8 Å². The lowest BCUT2D eigenvalue weighted by Crippen LogP contribution is -2.01. The van der Waals surface area contributed by atoms with E-state index in [2.05, 4.69) is 137 Å². The summed E-state index contributed by atoms with van der Waals surface area (Å²) in [6, 6.07) is 59.8. The van der Waals surface area contributed by atoms with Crippen molar-refractivity contribution in [1.29, 1.82) is 0 Å². The van der Waals surface area contributed by atoms with Crippen molar-refractivity contribution in [3.63, 3.8) is 0 Å². The fourth-order valence-corrected chi connectivity index (χ4v) is 8.56. The molecule has 274 valence electrons. The van der Waals surface area contributed by atoms with Gasteiger partial charge in [-0.2, -0.15) is 0 Å². The van der Waals surface area contributed by atoms with Crippen LogP contribution in [-0.4, -0.2) is 29.1 Å². The van der Waals surface area contributed by atoms with Crippen LogP contribution in [-0.2, 0) is 0 Å². The Morgan fingerprint density at radius 2 is 0.862 bits per heavy atom. The van der Waals surface area contributed by atoms with Crippen LogP contribution in [0.15, 0.2) is 182 Å². The molecule has 0 saturated carbocycles. The minimum atomic E-state index is 0.657. The summed E-state index contributed by atoms with van der Waals surface area (Å²) in [7, 11) is 0. The Labute approximate surface area is 335 Å². The van der Waals surface area contributed by atoms with Crippen molar-refractivity contribution in [2.45, 2.75) is 13.8 Å². The van der Waals surface area contributed by atoms with E-state index in [0.29, 0.717) is 17.5 Å². The first-order valence-corrected chi connectivity index (χ1v) is 19.6. The van der Waals surface area contributed by atoms with E-state index in [1.807, 2.05) is 73.1 Å². The molecule has 0 spiro atoms. The third-order valence-electron chi connectivity index (χ3n) is 11.3. The van der Waals surface area contributed by atoms with E-state index in [4.69, 9.17) is 15.0 Å². The molecule has 0 atom stereocenters. The summed E-state index contributed by atoms with van der Waals surface area (Å²) < 4.78 is 4.72. The summed E-state index contributed by atoms with van der Waals surface area (Å²) in [6.45, 7) is 4.30. The van der Waals surface area contributed by atoms with E-state index >= 15 is 0 Å². The fourth-order valence-electron chi connectivity index (χ4n) is 8.56. The number of pyridine rings is 1. The summed E-state index contributed by atoms with van der Waals surface area (Å²) in [5.41, 5.74) is 14.4. The molecule has 0 aliphatic heterocycles. The first-order chi connectivity index (χ1) is 28.6. The maximum absolute atomic E-state index is 5.01. The smallest absolute Gasteiger partial charge is 0.164 e. The molecule has 6 heteroatoms. The number of aryl methyl sites for hydroxylation is 2. The molecule has 0 aliphatic rings. The molecule has 0 unspecified atom stereocenters. The van der Waals surface area contributed by atoms with Gasteiger partial charge in [0.25, 0.3) is 0 Å². The van der Waals surface area contributed by atoms with Crippen LogP contribution < -0.4 is 0 Å². The third-order valence-corrected chi connectivity index (χ3v) is 11.3. The van der Waals surface area contributed by atoms with Crippen molar-refractivity contribution in [3.8, 4) is 56.7 Å². The second-order valence-corrected chi connectivity index (χ2v) is 14.9. The number of nitrogens with zero attached hydrogens (tertiary/aromatic N) is 6. The molecule has 58 heavy (non-hydrogen) atoms. The molecule has 4 aromatic heterocycles. The molecule has 0 fully saturated rings. The van der Waals surface area contributed by atoms with Crippen LogP contribution in [0.1, 0.15) is 11.1 Å². The van der Waals surface area contributed by atoms with Gasteiger partial charge in [-0.25, -0.2) is 15.0 Å². The van der Waals surface area contributed by atoms with E-state index < -0.39 is 0 Å². The van der Waals surface area contributed by atoms with Gasteiger partial charge in [-0.1, -0.05) is 115 Å². The average molecular weight is 745 g/mol. The standard InChI is InChI=1S/C52H36N6/c1-33-30-43(52-55-50(36-13-5-3-6-14-36)54-51(56-52)37-15-7-4-8-16-37)34(2)29-42(33)35-21-23-38(24-22-35)57-48-26-25-39(31-44(48)45-32-53-28-27-49(45)57)58-46-19-11-9-17-40(46)41-18-10-12-20-47(41)58/h3-32H,1-2H3. The second-order valence-electron chi connectivity index (χ2n) is 14.9. The monoisotopic (exact) mass is 744 g/mol. The van der Waals surface area contributed by atoms with Crippen molar-refractivity contribution in [1.82, 2.24) is 29.1 Å². The van der Waals surface area contributed by atoms with Crippen molar-refractivity contribution in [3.05, 3.63) is 193 Å². The Hall–Kier alpha value is -7.70. The number of para-hydroxylation sites is 2. The molecule has 0 radical (unpaired) electrons. The van der Waals surface area contributed by atoms with Crippen LogP contribution in [0.4, 0.5) is 0 Å². The zero-order chi connectivity index (χ0) is 38.7. The highest BCUT2D eigenvalue weighted by molar-refractivity contribution is 6.12. The molecule has 0 N–H and O–H groups in total. The summed E-state index contributed by atoms with van der Waals surface area (Å²) in [4.78, 5) is 19.5. The van der Waals surface area contributed by atoms with Crippen LogP contribution in [0.25, 0.3) is 100 Å². The molecule has 11 rings (SSSR count). The van der Waals surface area contributed by atoms with E-state index in [1.165, 1.54) is 27.4 Å². The fraction of sp³-hybridized carbons (Fsp3) is 0.0385. The highest BCUT2D eigenvalue weighted by Crippen LogP contribution is 2.38. The minimum absolute atomic E-state index is 0.657. The predicted molar refractivity (Wildman–Crippen MR) is 238 cm³/mol. The zero-order valence-corrected chi connectivity index (χ0v) is 32.0. The normalized spacial score (nSPS) is 11.6. The van der Waals surface area contributed by atoms with Crippen molar-refractivity contribution in [2.75, 3.05) is 0 Å². The molecule has 0 amide bonds. The van der Waals surface area contributed by atoms with Gasteiger partial charge >= 0.3 is 0 Å². The lowest BCUT2D eigenvalue weighted by atomic mass is 9.94. The van der Waals surface area contributed by atoms with E-state index in [-0.39, 0.29) is 0 Å². The SMILES string of the molecule is Cc1cc(-c2nc(-c3ccccc3)nc(-c3ccccc3)n2)c(C)cc1-c1ccc(-n2c3ccncc3c3cc(-n4c5ccccc5c5ccccc54)ccc32)cc1. The topological polar surface area (TPSA) is 61.4 Å². The maximum atomic E-state index is 5.01. The van der Waals surface area contributed by atoms with Gasteiger partial charge in [0.1, 0.15) is 0 Å². The van der Waals surface area contributed by atoms with Crippen LogP contribution in [0.3, 0.4) is 0 Å². The highest BCUT2D eigenvalue weighted by atomic mass is 15.0. The van der Waals surface area contributed by atoms with Crippen molar-refractivity contribution >= 4 is 43.6 Å². The van der Waals surface area contributed by atoms with Gasteiger partial charge in [0.15, 0.2) is 17.5 Å². The van der Waals surface area contributed by atoms with Gasteiger partial charge in [-0.3, -0.25) is 4.98 Å². The summed E-state index contributed by atoms with van der Waals surface area (Å²) in [5, 5.41) is 4.79. The van der Waals surface area contributed by atoms with Crippen LogP contribution in [0.5, 0.6) is 0 Å². The number of fused-ring (bicyclic) bond motifs is 6. The number of hydrogen-bond acceptors (Lipinski definition) is 4. The predicted octanol–water partition coefficient (Wildman–Crippen LogP) is 12.7. The van der Waals surface area contributed by atoms with E-state index in [0.717, 1.165) is 66.6 Å². The third kappa shape index (κ3) is 5.49. The molecule has 11 aromatic rings. The number of hydrogen-bond donors (Lipinski definition) is 0. The van der Waals surface area contributed by atoms with Gasteiger partial charge in [-0.05, 0) is 90.7 Å². The van der Waals surface area contributed by atoms with Crippen LogP contribution >= 0.6 is 0 Å². The zero-order valence-electron chi connectivity index (χ0n) is 32.0. The Kier molecular flexibility index (Phi) is 7.83. The molecule has 0 bridgehead atoms. The molecule has 4 heterocycles. The first-order valence-electron chi connectivity index (χ1n) is 19.6. The van der Waals surface area contributed by atoms with Gasteiger partial charge in [0.05, 0.1) is 22.1 Å². The van der Waals surface area contributed by atoms with Gasteiger partial charge < -0.3 is 9.13 Å². The summed E-state index contributed by atoms with van der Waals surface area (Å²) >= 11 is 0. The van der Waals surface area contributed by atoms with Gasteiger partial charge in [0.2, 0.25) is 0 Å². The molecular weight excluding hydrogens is 709 g/mol. The Morgan fingerprint density at radius 3 is 1.52 bits per heavy atom. The molecule has 0 saturated heterocycles. The lowest BCUT2D eigenvalue weighted by Gasteiger charge is -2.15. The van der Waals surface area contributed by atoms with Gasteiger partial charge in [0, 0.05) is 62.0 Å². The Morgan fingerprint density at radius 1 is 0.362 bits per heavy atom. The minimum Gasteiger partial charge on any atom is -0.309 e. The van der Waals surface area contributed by atoms with Crippen molar-refractivity contribution in [2.24, 2.45) is 0 Å². The molecule has 0 aliphatic carbocycles. The molecular formula is C52H36N6. The maximum Gasteiger partial charge on any atom is 0.164 e. The number of aromatic nitrogens is 6. The summed E-state index contributed by atoms with van der Waals surface area (Å²) in [6.07, 6.45) is 3.87. The number of rotatable bonds is 6. The quantitative estimate of drug-likeness (QED) is 0.170. The Bertz CT molecular complexity index is 3230.